The highest BCUT2D eigenvalue weighted by Crippen LogP contribution is 2.34. The van der Waals surface area contributed by atoms with Crippen molar-refractivity contribution in [2.45, 2.75) is 33.0 Å². The van der Waals surface area contributed by atoms with Gasteiger partial charge in [0.1, 0.15) is 12.1 Å². The number of anilines is 2. The SMILES string of the molecule is Cc1cc([C@@H](C)Nc2ccccc2C(=O)O)c2nc(N3Cc4ccc(F)cc4C3)n3cnnc3c2c1. The molecule has 1 aliphatic heterocycles. The minimum atomic E-state index is -0.991. The Hall–Kier alpha value is -4.53. The maximum atomic E-state index is 13.8. The number of aryl methyl sites for hydroxylation is 1. The molecular formula is C27H23FN6O2. The van der Waals surface area contributed by atoms with E-state index in [1.807, 2.05) is 30.4 Å². The predicted octanol–water partition coefficient (Wildman–Crippen LogP) is 5.12. The van der Waals surface area contributed by atoms with Crippen LogP contribution < -0.4 is 10.2 Å². The number of carboxylic acid groups (broad SMARTS) is 1. The van der Waals surface area contributed by atoms with E-state index in [9.17, 15) is 14.3 Å². The highest BCUT2D eigenvalue weighted by molar-refractivity contribution is 5.96. The van der Waals surface area contributed by atoms with E-state index in [-0.39, 0.29) is 17.4 Å². The number of rotatable bonds is 5. The lowest BCUT2D eigenvalue weighted by Crippen LogP contribution is -2.20. The first-order valence-electron chi connectivity index (χ1n) is 11.6. The van der Waals surface area contributed by atoms with Gasteiger partial charge >= 0.3 is 5.97 Å². The van der Waals surface area contributed by atoms with Crippen LogP contribution in [-0.2, 0) is 13.1 Å². The Labute approximate surface area is 206 Å². The number of nitrogens with zero attached hydrogens (tertiary/aromatic N) is 5. The van der Waals surface area contributed by atoms with Gasteiger partial charge in [-0.15, -0.1) is 10.2 Å². The second kappa shape index (κ2) is 8.30. The second-order valence-electron chi connectivity index (χ2n) is 9.17. The van der Waals surface area contributed by atoms with E-state index in [0.29, 0.717) is 30.4 Å². The number of fused-ring (bicyclic) bond motifs is 4. The van der Waals surface area contributed by atoms with Gasteiger partial charge in [0.05, 0.1) is 17.1 Å². The molecule has 180 valence electrons. The zero-order chi connectivity index (χ0) is 25.0. The zero-order valence-corrected chi connectivity index (χ0v) is 19.7. The smallest absolute Gasteiger partial charge is 0.337 e. The summed E-state index contributed by atoms with van der Waals surface area (Å²) in [6, 6.07) is 15.6. The quantitative estimate of drug-likeness (QED) is 0.359. The van der Waals surface area contributed by atoms with Crippen LogP contribution in [0.1, 0.15) is 45.6 Å². The van der Waals surface area contributed by atoms with Crippen molar-refractivity contribution in [3.63, 3.8) is 0 Å². The summed E-state index contributed by atoms with van der Waals surface area (Å²) in [5, 5.41) is 22.4. The average Bonchev–Trinajstić information content (AvgIpc) is 3.50. The number of para-hydroxylation sites is 1. The second-order valence-corrected chi connectivity index (χ2v) is 9.17. The monoisotopic (exact) mass is 482 g/mol. The molecule has 2 aromatic heterocycles. The summed E-state index contributed by atoms with van der Waals surface area (Å²) in [6.07, 6.45) is 1.65. The molecule has 36 heavy (non-hydrogen) atoms. The molecular weight excluding hydrogens is 459 g/mol. The van der Waals surface area contributed by atoms with Crippen LogP contribution >= 0.6 is 0 Å². The fourth-order valence-corrected chi connectivity index (χ4v) is 4.99. The molecule has 0 bridgehead atoms. The first-order valence-corrected chi connectivity index (χ1v) is 11.6. The largest absolute Gasteiger partial charge is 0.478 e. The summed E-state index contributed by atoms with van der Waals surface area (Å²) in [6.45, 7) is 5.12. The molecule has 1 aliphatic rings. The van der Waals surface area contributed by atoms with E-state index in [1.54, 1.807) is 36.7 Å². The normalized spacial score (nSPS) is 13.8. The van der Waals surface area contributed by atoms with Crippen molar-refractivity contribution in [1.82, 2.24) is 19.6 Å². The number of aromatic carboxylic acids is 1. The van der Waals surface area contributed by atoms with E-state index in [0.717, 1.165) is 33.2 Å². The van der Waals surface area contributed by atoms with Gasteiger partial charge in [-0.1, -0.05) is 24.3 Å². The summed E-state index contributed by atoms with van der Waals surface area (Å²) in [4.78, 5) is 18.9. The summed E-state index contributed by atoms with van der Waals surface area (Å²) in [5.41, 5.74) is 6.11. The van der Waals surface area contributed by atoms with Crippen molar-refractivity contribution in [1.29, 1.82) is 0 Å². The van der Waals surface area contributed by atoms with Crippen LogP contribution in [0.5, 0.6) is 0 Å². The molecule has 0 saturated heterocycles. The minimum Gasteiger partial charge on any atom is -0.478 e. The Kier molecular flexibility index (Phi) is 5.06. The maximum Gasteiger partial charge on any atom is 0.337 e. The zero-order valence-electron chi connectivity index (χ0n) is 19.7. The van der Waals surface area contributed by atoms with E-state index >= 15 is 0 Å². The van der Waals surface area contributed by atoms with Crippen molar-refractivity contribution in [2.75, 3.05) is 10.2 Å². The molecule has 6 rings (SSSR count). The lowest BCUT2D eigenvalue weighted by Gasteiger charge is -2.22. The lowest BCUT2D eigenvalue weighted by atomic mass is 10.0. The summed E-state index contributed by atoms with van der Waals surface area (Å²) in [7, 11) is 0. The van der Waals surface area contributed by atoms with E-state index < -0.39 is 5.97 Å². The van der Waals surface area contributed by atoms with Crippen molar-refractivity contribution in [3.8, 4) is 0 Å². The number of aromatic nitrogens is 4. The molecule has 0 fully saturated rings. The van der Waals surface area contributed by atoms with Crippen LogP contribution in [0.4, 0.5) is 16.0 Å². The van der Waals surface area contributed by atoms with Crippen molar-refractivity contribution in [3.05, 3.63) is 94.6 Å². The highest BCUT2D eigenvalue weighted by atomic mass is 19.1. The van der Waals surface area contributed by atoms with E-state index in [1.165, 1.54) is 6.07 Å². The van der Waals surface area contributed by atoms with Crippen LogP contribution in [0, 0.1) is 12.7 Å². The molecule has 9 heteroatoms. The molecule has 3 aromatic carbocycles. The number of hydrogen-bond donors (Lipinski definition) is 2. The van der Waals surface area contributed by atoms with E-state index in [4.69, 9.17) is 4.98 Å². The third-order valence-corrected chi connectivity index (χ3v) is 6.67. The van der Waals surface area contributed by atoms with Gasteiger partial charge in [-0.2, -0.15) is 0 Å². The van der Waals surface area contributed by atoms with Crippen LogP contribution in [-0.4, -0.2) is 30.7 Å². The number of carbonyl (C=O) groups is 1. The average molecular weight is 483 g/mol. The summed E-state index contributed by atoms with van der Waals surface area (Å²) >= 11 is 0. The lowest BCUT2D eigenvalue weighted by molar-refractivity contribution is 0.0698. The van der Waals surface area contributed by atoms with Crippen LogP contribution in [0.15, 0.2) is 60.9 Å². The fourth-order valence-electron chi connectivity index (χ4n) is 4.99. The van der Waals surface area contributed by atoms with Crippen LogP contribution in [0.2, 0.25) is 0 Å². The number of carboxylic acids is 1. The Morgan fingerprint density at radius 1 is 1.11 bits per heavy atom. The minimum absolute atomic E-state index is 0.205. The molecule has 0 aliphatic carbocycles. The van der Waals surface area contributed by atoms with Crippen LogP contribution in [0.25, 0.3) is 16.6 Å². The van der Waals surface area contributed by atoms with Gasteiger partial charge in [0, 0.05) is 29.7 Å². The van der Waals surface area contributed by atoms with Crippen molar-refractivity contribution < 1.29 is 14.3 Å². The Bertz CT molecular complexity index is 1660. The molecule has 2 N–H and O–H groups in total. The van der Waals surface area contributed by atoms with Gasteiger partial charge in [0.15, 0.2) is 5.65 Å². The molecule has 1 atom stereocenters. The first-order chi connectivity index (χ1) is 17.4. The highest BCUT2D eigenvalue weighted by Gasteiger charge is 2.25. The molecule has 3 heterocycles. The van der Waals surface area contributed by atoms with Gasteiger partial charge in [-0.05, 0) is 60.9 Å². The number of benzene rings is 3. The predicted molar refractivity (Wildman–Crippen MR) is 135 cm³/mol. The van der Waals surface area contributed by atoms with Crippen molar-refractivity contribution >= 4 is 34.2 Å². The number of hydrogen-bond acceptors (Lipinski definition) is 6. The third-order valence-electron chi connectivity index (χ3n) is 6.67. The molecule has 8 nitrogen and oxygen atoms in total. The van der Waals surface area contributed by atoms with E-state index in [2.05, 4.69) is 26.5 Å². The molecule has 0 spiro atoms. The summed E-state index contributed by atoms with van der Waals surface area (Å²) in [5.74, 6) is -0.576. The topological polar surface area (TPSA) is 95.6 Å². The molecule has 0 unspecified atom stereocenters. The first kappa shape index (κ1) is 22.0. The van der Waals surface area contributed by atoms with Gasteiger partial charge in [0.25, 0.3) is 0 Å². The Morgan fingerprint density at radius 2 is 1.92 bits per heavy atom. The van der Waals surface area contributed by atoms with Gasteiger partial charge in [-0.3, -0.25) is 4.40 Å². The van der Waals surface area contributed by atoms with Gasteiger partial charge in [0.2, 0.25) is 5.95 Å². The number of nitrogens with one attached hydrogen (secondary N) is 1. The summed E-state index contributed by atoms with van der Waals surface area (Å²) < 4.78 is 15.7. The Balaban J connectivity index is 1.48. The molecule has 0 saturated carbocycles. The van der Waals surface area contributed by atoms with Crippen LogP contribution in [0.3, 0.4) is 0 Å². The Morgan fingerprint density at radius 3 is 2.75 bits per heavy atom. The van der Waals surface area contributed by atoms with Gasteiger partial charge < -0.3 is 15.3 Å². The number of halogens is 1. The third kappa shape index (κ3) is 3.60. The molecule has 0 amide bonds. The molecule has 0 radical (unpaired) electrons. The van der Waals surface area contributed by atoms with Gasteiger partial charge in [-0.25, -0.2) is 14.2 Å². The maximum absolute atomic E-state index is 13.8. The molecule has 5 aromatic rings. The standard InChI is InChI=1S/C27H23FN6O2/c1-15-9-21(16(2)30-23-6-4-3-5-20(23)26(35)36)24-22(10-15)25-32-29-14-34(25)27(31-24)33-12-17-7-8-19(28)11-18(17)13-33/h3-11,14,16,30H,12-13H2,1-2H3,(H,35,36)/t16-/m1/s1. The van der Waals surface area contributed by atoms with Crippen molar-refractivity contribution in [2.24, 2.45) is 0 Å². The fraction of sp³-hybridized carbons (Fsp3) is 0.185.